The summed E-state index contributed by atoms with van der Waals surface area (Å²) in [5.41, 5.74) is 0.505. The van der Waals surface area contributed by atoms with Crippen molar-refractivity contribution in [2.24, 2.45) is 0 Å². The number of nitrogens with one attached hydrogen (secondary N) is 1. The number of carboxylic acids is 1. The number of carboxylic acid groups (broad SMARTS) is 1. The van der Waals surface area contributed by atoms with E-state index in [0.717, 1.165) is 0 Å². The molecule has 100 valence electrons. The molecule has 0 aliphatic heterocycles. The average molecular weight is 271 g/mol. The molecule has 0 saturated heterocycles. The molecule has 1 amide bonds. The van der Waals surface area contributed by atoms with E-state index >= 15 is 0 Å². The highest BCUT2D eigenvalue weighted by Crippen LogP contribution is 2.15. The van der Waals surface area contributed by atoms with E-state index < -0.39 is 5.97 Å². The van der Waals surface area contributed by atoms with Crippen LogP contribution in [-0.4, -0.2) is 46.5 Å². The molecule has 1 rings (SSSR count). The van der Waals surface area contributed by atoms with Crippen LogP contribution < -0.4 is 5.32 Å². The normalized spacial score (nSPS) is 10.1. The second kappa shape index (κ2) is 6.95. The minimum absolute atomic E-state index is 0.00924. The largest absolute Gasteiger partial charge is 0.481 e. The molecular formula is C11H17N3O3S. The highest BCUT2D eigenvalue weighted by molar-refractivity contribution is 7.13. The lowest BCUT2D eigenvalue weighted by molar-refractivity contribution is -0.136. The van der Waals surface area contributed by atoms with Crippen LogP contribution in [-0.2, 0) is 16.0 Å². The number of likely N-dealkylation sites (N-methyl/N-ethyl adjacent to an activating group) is 1. The first-order valence-corrected chi connectivity index (χ1v) is 6.62. The third kappa shape index (κ3) is 4.33. The van der Waals surface area contributed by atoms with E-state index in [0.29, 0.717) is 23.9 Å². The van der Waals surface area contributed by atoms with Crippen molar-refractivity contribution in [1.82, 2.24) is 9.88 Å². The van der Waals surface area contributed by atoms with Crippen molar-refractivity contribution >= 4 is 28.3 Å². The van der Waals surface area contributed by atoms with Crippen molar-refractivity contribution in [3.8, 4) is 0 Å². The van der Waals surface area contributed by atoms with E-state index in [2.05, 4.69) is 10.3 Å². The molecule has 0 spiro atoms. The summed E-state index contributed by atoms with van der Waals surface area (Å²) in [5.74, 6) is -0.902. The molecule has 7 heteroatoms. The quantitative estimate of drug-likeness (QED) is 0.774. The van der Waals surface area contributed by atoms with Crippen LogP contribution in [0.1, 0.15) is 19.5 Å². The zero-order chi connectivity index (χ0) is 13.5. The second-order valence-electron chi connectivity index (χ2n) is 3.63. The fourth-order valence-electron chi connectivity index (χ4n) is 1.46. The lowest BCUT2D eigenvalue weighted by Gasteiger charge is -2.18. The monoisotopic (exact) mass is 271 g/mol. The van der Waals surface area contributed by atoms with Gasteiger partial charge in [0, 0.05) is 18.5 Å². The number of hydrogen-bond acceptors (Lipinski definition) is 5. The third-order valence-electron chi connectivity index (χ3n) is 2.39. The summed E-state index contributed by atoms with van der Waals surface area (Å²) in [6.45, 7) is 5.39. The van der Waals surface area contributed by atoms with Crippen molar-refractivity contribution in [3.05, 3.63) is 11.1 Å². The van der Waals surface area contributed by atoms with Gasteiger partial charge in [0.15, 0.2) is 5.13 Å². The number of nitrogens with zero attached hydrogens (tertiary/aromatic N) is 2. The van der Waals surface area contributed by atoms with E-state index in [9.17, 15) is 9.59 Å². The van der Waals surface area contributed by atoms with E-state index in [1.807, 2.05) is 13.8 Å². The number of aliphatic carboxylic acids is 1. The van der Waals surface area contributed by atoms with Gasteiger partial charge in [0.05, 0.1) is 18.7 Å². The first-order chi connectivity index (χ1) is 8.56. The van der Waals surface area contributed by atoms with Gasteiger partial charge < -0.3 is 15.3 Å². The van der Waals surface area contributed by atoms with Gasteiger partial charge >= 0.3 is 5.97 Å². The molecule has 6 nitrogen and oxygen atoms in total. The van der Waals surface area contributed by atoms with Crippen LogP contribution in [0.2, 0.25) is 0 Å². The zero-order valence-electron chi connectivity index (χ0n) is 10.5. The molecule has 0 radical (unpaired) electrons. The standard InChI is InChI=1S/C11H17N3O3S/c1-3-14(4-2)9(15)6-12-11-13-8(7-18-11)5-10(16)17/h7H,3-6H2,1-2H3,(H,12,13)(H,16,17). The highest BCUT2D eigenvalue weighted by Gasteiger charge is 2.10. The molecule has 0 fully saturated rings. The van der Waals surface area contributed by atoms with Crippen LogP contribution in [0.25, 0.3) is 0 Å². The smallest absolute Gasteiger partial charge is 0.309 e. The molecule has 0 atom stereocenters. The van der Waals surface area contributed by atoms with Gasteiger partial charge in [0.2, 0.25) is 5.91 Å². The molecule has 1 aromatic heterocycles. The van der Waals surface area contributed by atoms with Gasteiger partial charge in [0.25, 0.3) is 0 Å². The maximum atomic E-state index is 11.7. The van der Waals surface area contributed by atoms with Gasteiger partial charge in [0.1, 0.15) is 0 Å². The molecule has 2 N–H and O–H groups in total. The first-order valence-electron chi connectivity index (χ1n) is 5.74. The molecule has 18 heavy (non-hydrogen) atoms. The number of carbonyl (C=O) groups excluding carboxylic acids is 1. The maximum Gasteiger partial charge on any atom is 0.309 e. The fourth-order valence-corrected chi connectivity index (χ4v) is 2.17. The summed E-state index contributed by atoms with van der Waals surface area (Å²) in [5, 5.41) is 13.8. The summed E-state index contributed by atoms with van der Waals surface area (Å²) in [4.78, 5) is 28.0. The predicted molar refractivity (Wildman–Crippen MR) is 69.9 cm³/mol. The Kier molecular flexibility index (Phi) is 5.57. The predicted octanol–water partition coefficient (Wildman–Crippen LogP) is 1.05. The van der Waals surface area contributed by atoms with Crippen LogP contribution in [0.15, 0.2) is 5.38 Å². The summed E-state index contributed by atoms with van der Waals surface area (Å²) >= 11 is 1.30. The number of rotatable bonds is 7. The SMILES string of the molecule is CCN(CC)C(=O)CNc1nc(CC(=O)O)cs1. The van der Waals surface area contributed by atoms with Crippen molar-refractivity contribution in [3.63, 3.8) is 0 Å². The van der Waals surface area contributed by atoms with Crippen molar-refractivity contribution in [2.45, 2.75) is 20.3 Å². The van der Waals surface area contributed by atoms with E-state index in [4.69, 9.17) is 5.11 Å². The Balaban J connectivity index is 2.46. The number of hydrogen-bond donors (Lipinski definition) is 2. The Morgan fingerprint density at radius 3 is 2.67 bits per heavy atom. The maximum absolute atomic E-state index is 11.7. The Labute approximate surface area is 110 Å². The number of aromatic nitrogens is 1. The van der Waals surface area contributed by atoms with Crippen LogP contribution in [0.4, 0.5) is 5.13 Å². The lowest BCUT2D eigenvalue weighted by atomic mass is 10.3. The number of thiazole rings is 1. The number of amides is 1. The minimum atomic E-state index is -0.911. The van der Waals surface area contributed by atoms with Gasteiger partial charge in [-0.1, -0.05) is 0 Å². The average Bonchev–Trinajstić information content (AvgIpc) is 2.75. The lowest BCUT2D eigenvalue weighted by Crippen LogP contribution is -2.35. The Morgan fingerprint density at radius 1 is 1.44 bits per heavy atom. The van der Waals surface area contributed by atoms with Crippen molar-refractivity contribution < 1.29 is 14.7 Å². The van der Waals surface area contributed by atoms with E-state index in [-0.39, 0.29) is 18.9 Å². The molecule has 0 bridgehead atoms. The topological polar surface area (TPSA) is 82.5 Å². The molecule has 0 aliphatic rings. The minimum Gasteiger partial charge on any atom is -0.481 e. The van der Waals surface area contributed by atoms with E-state index in [1.54, 1.807) is 10.3 Å². The van der Waals surface area contributed by atoms with Crippen LogP contribution in [0, 0.1) is 0 Å². The molecular weight excluding hydrogens is 254 g/mol. The first kappa shape index (κ1) is 14.4. The molecule has 0 saturated carbocycles. The summed E-state index contributed by atoms with van der Waals surface area (Å²) < 4.78 is 0. The zero-order valence-corrected chi connectivity index (χ0v) is 11.3. The van der Waals surface area contributed by atoms with Gasteiger partial charge in [-0.15, -0.1) is 11.3 Å². The van der Waals surface area contributed by atoms with Gasteiger partial charge in [-0.05, 0) is 13.8 Å². The molecule has 0 aliphatic carbocycles. The van der Waals surface area contributed by atoms with Crippen LogP contribution in [0.3, 0.4) is 0 Å². The Morgan fingerprint density at radius 2 is 2.11 bits per heavy atom. The Hall–Kier alpha value is -1.63. The molecule has 0 unspecified atom stereocenters. The van der Waals surface area contributed by atoms with Crippen LogP contribution in [0.5, 0.6) is 0 Å². The third-order valence-corrected chi connectivity index (χ3v) is 3.24. The fraction of sp³-hybridized carbons (Fsp3) is 0.545. The summed E-state index contributed by atoms with van der Waals surface area (Å²) in [7, 11) is 0. The summed E-state index contributed by atoms with van der Waals surface area (Å²) in [6, 6.07) is 0. The Bertz CT molecular complexity index is 415. The highest BCUT2D eigenvalue weighted by atomic mass is 32.1. The van der Waals surface area contributed by atoms with E-state index in [1.165, 1.54) is 11.3 Å². The van der Waals surface area contributed by atoms with Crippen molar-refractivity contribution in [2.75, 3.05) is 25.0 Å². The van der Waals surface area contributed by atoms with Crippen molar-refractivity contribution in [1.29, 1.82) is 0 Å². The van der Waals surface area contributed by atoms with Crippen LogP contribution >= 0.6 is 11.3 Å². The number of anilines is 1. The summed E-state index contributed by atoms with van der Waals surface area (Å²) in [6.07, 6.45) is -0.0951. The van der Waals surface area contributed by atoms with Gasteiger partial charge in [-0.25, -0.2) is 4.98 Å². The molecule has 0 aromatic carbocycles. The molecule has 1 heterocycles. The number of carbonyl (C=O) groups is 2. The second-order valence-corrected chi connectivity index (χ2v) is 4.49. The van der Waals surface area contributed by atoms with Gasteiger partial charge in [-0.2, -0.15) is 0 Å². The van der Waals surface area contributed by atoms with Gasteiger partial charge in [-0.3, -0.25) is 9.59 Å². The molecule has 1 aromatic rings.